The lowest BCUT2D eigenvalue weighted by Crippen LogP contribution is -2.36. The highest BCUT2D eigenvalue weighted by Crippen LogP contribution is 2.37. The maximum Gasteiger partial charge on any atom is 0.166 e. The number of ketones is 1. The number of hydrogen-bond donors (Lipinski definition) is 3. The Balaban J connectivity index is 1.79. The number of Topliss-reactive ketones (excluding diaryl/α,β-unsaturated/α-hetero) is 1. The molecule has 0 aliphatic heterocycles. The van der Waals surface area contributed by atoms with E-state index in [0.717, 1.165) is 53.4 Å². The van der Waals surface area contributed by atoms with Crippen molar-refractivity contribution in [1.82, 2.24) is 9.88 Å². The summed E-state index contributed by atoms with van der Waals surface area (Å²) in [5.41, 5.74) is 4.29. The molecule has 0 radical (unpaired) electrons. The maximum atomic E-state index is 13.3. The van der Waals surface area contributed by atoms with Crippen LogP contribution in [0.5, 0.6) is 5.75 Å². The average molecular weight is 510 g/mol. The molecule has 3 aromatic rings. The normalized spacial score (nSPS) is 18.2. The Labute approximate surface area is 218 Å². The topological polar surface area (TPSA) is 85.7 Å². The second-order valence-electron chi connectivity index (χ2n) is 10.5. The fraction of sp³-hybridized carbons (Fsp3) is 0.448. The van der Waals surface area contributed by atoms with Crippen molar-refractivity contribution in [2.75, 3.05) is 19.4 Å². The number of rotatable bonds is 8. The van der Waals surface area contributed by atoms with Crippen LogP contribution in [0.4, 0.5) is 5.69 Å². The number of benzene rings is 2. The summed E-state index contributed by atoms with van der Waals surface area (Å²) in [6.07, 6.45) is 6.48. The first-order chi connectivity index (χ1) is 17.2. The van der Waals surface area contributed by atoms with Crippen molar-refractivity contribution >= 4 is 34.0 Å². The number of nitrogens with zero attached hydrogens (tertiary/aromatic N) is 2. The number of phenols is 1. The van der Waals surface area contributed by atoms with Crippen molar-refractivity contribution in [3.63, 3.8) is 0 Å². The van der Waals surface area contributed by atoms with E-state index in [2.05, 4.69) is 29.3 Å². The Hall–Kier alpha value is -2.67. The minimum Gasteiger partial charge on any atom is -0.506 e. The first kappa shape index (κ1) is 26.4. The minimum atomic E-state index is -0.315. The Morgan fingerprint density at radius 3 is 2.50 bits per heavy atom. The third-order valence-electron chi connectivity index (χ3n) is 7.18. The first-order valence-electron chi connectivity index (χ1n) is 12.7. The Morgan fingerprint density at radius 2 is 1.86 bits per heavy atom. The van der Waals surface area contributed by atoms with Crippen LogP contribution in [-0.2, 0) is 6.61 Å². The number of aromatic nitrogens is 1. The van der Waals surface area contributed by atoms with Gasteiger partial charge in [-0.1, -0.05) is 31.5 Å². The molecule has 1 aliphatic carbocycles. The molecule has 0 amide bonds. The van der Waals surface area contributed by atoms with Gasteiger partial charge in [0.1, 0.15) is 5.75 Å². The maximum absolute atomic E-state index is 13.3. The number of anilines is 1. The number of aliphatic hydroxyl groups excluding tert-OH is 1. The summed E-state index contributed by atoms with van der Waals surface area (Å²) in [5.74, 6) is 0.228. The zero-order chi connectivity index (χ0) is 26.0. The van der Waals surface area contributed by atoms with Crippen molar-refractivity contribution in [1.29, 1.82) is 0 Å². The summed E-state index contributed by atoms with van der Waals surface area (Å²) in [5, 5.41) is 24.6. The summed E-state index contributed by atoms with van der Waals surface area (Å²) in [7, 11) is 4.27. The van der Waals surface area contributed by atoms with Crippen LogP contribution < -0.4 is 5.32 Å². The summed E-state index contributed by atoms with van der Waals surface area (Å²) in [6.45, 7) is 3.78. The molecule has 1 fully saturated rings. The molecular weight excluding hydrogens is 474 g/mol. The van der Waals surface area contributed by atoms with Crippen molar-refractivity contribution in [2.24, 2.45) is 5.92 Å². The summed E-state index contributed by atoms with van der Waals surface area (Å²) in [6, 6.07) is 10.2. The average Bonchev–Trinajstić information content (AvgIpc) is 2.85. The predicted octanol–water partition coefficient (Wildman–Crippen LogP) is 6.27. The molecular formula is C29H36ClN3O3. The van der Waals surface area contributed by atoms with E-state index in [0.29, 0.717) is 23.6 Å². The third kappa shape index (κ3) is 5.66. The number of pyridine rings is 1. The minimum absolute atomic E-state index is 0.0875. The highest BCUT2D eigenvalue weighted by molar-refractivity contribution is 6.32. The van der Waals surface area contributed by atoms with Gasteiger partial charge in [0.05, 0.1) is 28.4 Å². The van der Waals surface area contributed by atoms with Crippen LogP contribution >= 0.6 is 11.6 Å². The fourth-order valence-corrected chi connectivity index (χ4v) is 5.34. The molecule has 36 heavy (non-hydrogen) atoms. The molecule has 1 heterocycles. The van der Waals surface area contributed by atoms with E-state index in [1.165, 1.54) is 0 Å². The van der Waals surface area contributed by atoms with Crippen LogP contribution in [0.3, 0.4) is 0 Å². The number of carbonyl (C=O) groups excluding carboxylic acids is 1. The number of halogens is 1. The first-order valence-corrected chi connectivity index (χ1v) is 13.1. The van der Waals surface area contributed by atoms with Crippen molar-refractivity contribution in [3.05, 3.63) is 52.7 Å². The largest absolute Gasteiger partial charge is 0.506 e. The van der Waals surface area contributed by atoms with Crippen LogP contribution in [0, 0.1) is 5.92 Å². The lowest BCUT2D eigenvalue weighted by molar-refractivity contribution is 0.0968. The molecule has 4 rings (SSSR count). The predicted molar refractivity (Wildman–Crippen MR) is 147 cm³/mol. The van der Waals surface area contributed by atoms with Crippen LogP contribution in [0.25, 0.3) is 22.0 Å². The molecule has 2 aromatic carbocycles. The molecule has 0 spiro atoms. The zero-order valence-corrected chi connectivity index (χ0v) is 22.3. The summed E-state index contributed by atoms with van der Waals surface area (Å²) >= 11 is 6.24. The van der Waals surface area contributed by atoms with Crippen molar-refractivity contribution < 1.29 is 15.0 Å². The quantitative estimate of drug-likeness (QED) is 0.310. The molecule has 0 saturated heterocycles. The second kappa shape index (κ2) is 11.2. The molecule has 6 nitrogen and oxygen atoms in total. The van der Waals surface area contributed by atoms with Crippen LogP contribution in [0.2, 0.25) is 5.02 Å². The molecule has 1 aromatic heterocycles. The number of aliphatic hydroxyl groups is 1. The van der Waals surface area contributed by atoms with Gasteiger partial charge in [-0.2, -0.15) is 0 Å². The summed E-state index contributed by atoms with van der Waals surface area (Å²) in [4.78, 5) is 20.2. The number of hydrogen-bond acceptors (Lipinski definition) is 6. The van der Waals surface area contributed by atoms with Gasteiger partial charge in [-0.3, -0.25) is 9.78 Å². The second-order valence-corrected chi connectivity index (χ2v) is 10.9. The number of carbonyl (C=O) groups is 1. The Bertz CT molecular complexity index is 1250. The van der Waals surface area contributed by atoms with Gasteiger partial charge in [0.2, 0.25) is 0 Å². The van der Waals surface area contributed by atoms with E-state index in [1.807, 2.05) is 32.0 Å². The highest BCUT2D eigenvalue weighted by atomic mass is 35.5. The van der Waals surface area contributed by atoms with Crippen LogP contribution in [0.15, 0.2) is 36.5 Å². The number of aromatic hydroxyl groups is 1. The van der Waals surface area contributed by atoms with E-state index in [4.69, 9.17) is 11.6 Å². The Kier molecular flexibility index (Phi) is 8.18. The van der Waals surface area contributed by atoms with Gasteiger partial charge in [0.25, 0.3) is 0 Å². The SMILES string of the molecule is CC(C)CC(=O)c1cnc2ccc(-c3cc(Cl)c(O)c(CO)c3)cc2c1N[C@H]1CC[C@H](N(C)C)CC1. The zero-order valence-electron chi connectivity index (χ0n) is 21.5. The van der Waals surface area contributed by atoms with Gasteiger partial charge in [0.15, 0.2) is 5.78 Å². The lowest BCUT2D eigenvalue weighted by atomic mass is 9.89. The van der Waals surface area contributed by atoms with Gasteiger partial charge >= 0.3 is 0 Å². The molecule has 0 atom stereocenters. The molecule has 7 heteroatoms. The highest BCUT2D eigenvalue weighted by Gasteiger charge is 2.25. The van der Waals surface area contributed by atoms with Crippen LogP contribution in [-0.4, -0.2) is 52.1 Å². The molecule has 1 aliphatic rings. The third-order valence-corrected chi connectivity index (χ3v) is 7.47. The van der Waals surface area contributed by atoms with E-state index in [-0.39, 0.29) is 35.1 Å². The van der Waals surface area contributed by atoms with E-state index >= 15 is 0 Å². The van der Waals surface area contributed by atoms with Gasteiger partial charge in [-0.05, 0) is 81.1 Å². The van der Waals surface area contributed by atoms with Gasteiger partial charge in [-0.25, -0.2) is 0 Å². The number of fused-ring (bicyclic) bond motifs is 1. The standard InChI is InChI=1S/C29H36ClN3O3/c1-17(2)11-27(35)24-15-31-26-10-5-18(19-12-20(16-34)29(36)25(30)14-19)13-23(26)28(24)32-21-6-8-22(9-7-21)33(3)4/h5,10,12-15,17,21-22,34,36H,6-9,11,16H2,1-4H3,(H,31,32)/t21-,22-. The van der Waals surface area contributed by atoms with Crippen LogP contribution in [0.1, 0.15) is 61.9 Å². The molecule has 0 bridgehead atoms. The Morgan fingerprint density at radius 1 is 1.14 bits per heavy atom. The van der Waals surface area contributed by atoms with Crippen molar-refractivity contribution in [2.45, 2.75) is 64.6 Å². The fourth-order valence-electron chi connectivity index (χ4n) is 5.10. The molecule has 0 unspecified atom stereocenters. The van der Waals surface area contributed by atoms with Gasteiger partial charge < -0.3 is 20.4 Å². The molecule has 3 N–H and O–H groups in total. The van der Waals surface area contributed by atoms with E-state index in [1.54, 1.807) is 18.3 Å². The van der Waals surface area contributed by atoms with Gasteiger partial charge in [-0.15, -0.1) is 0 Å². The molecule has 192 valence electrons. The van der Waals surface area contributed by atoms with E-state index < -0.39 is 0 Å². The van der Waals surface area contributed by atoms with E-state index in [9.17, 15) is 15.0 Å². The summed E-state index contributed by atoms with van der Waals surface area (Å²) < 4.78 is 0. The number of nitrogens with one attached hydrogen (secondary N) is 1. The lowest BCUT2D eigenvalue weighted by Gasteiger charge is -2.34. The van der Waals surface area contributed by atoms with Crippen molar-refractivity contribution in [3.8, 4) is 16.9 Å². The monoisotopic (exact) mass is 509 g/mol. The van der Waals surface area contributed by atoms with Gasteiger partial charge in [0, 0.05) is 35.7 Å². The molecule has 1 saturated carbocycles. The smallest absolute Gasteiger partial charge is 0.166 e.